The van der Waals surface area contributed by atoms with Gasteiger partial charge in [0.05, 0.1) is 6.04 Å². The van der Waals surface area contributed by atoms with Crippen molar-refractivity contribution in [2.45, 2.75) is 39.2 Å². The average molecular weight is 322 g/mol. The van der Waals surface area contributed by atoms with Crippen molar-refractivity contribution in [3.05, 3.63) is 71.0 Å². The molecule has 1 aliphatic carbocycles. The van der Waals surface area contributed by atoms with E-state index in [1.807, 2.05) is 30.0 Å². The summed E-state index contributed by atoms with van der Waals surface area (Å²) in [5, 5.41) is 0. The molecule has 1 fully saturated rings. The van der Waals surface area contributed by atoms with Crippen LogP contribution in [0.1, 0.15) is 43.9 Å². The fraction of sp³-hybridized carbons (Fsp3) is 0.381. The Morgan fingerprint density at radius 1 is 1.33 bits per heavy atom. The third-order valence-electron chi connectivity index (χ3n) is 5.11. The third kappa shape index (κ3) is 3.16. The lowest BCUT2D eigenvalue weighted by molar-refractivity contribution is -0.129. The predicted molar refractivity (Wildman–Crippen MR) is 98.2 cm³/mol. The molecule has 1 heterocycles. The van der Waals surface area contributed by atoms with Gasteiger partial charge in [0.1, 0.15) is 0 Å². The average Bonchev–Trinajstić information content (AvgIpc) is 3.40. The van der Waals surface area contributed by atoms with Crippen molar-refractivity contribution in [3.8, 4) is 0 Å². The molecule has 0 aromatic heterocycles. The number of rotatable bonds is 4. The number of hydrogen-bond donors (Lipinski definition) is 1. The largest absolute Gasteiger partial charge is 0.399 e. The molecule has 3 nitrogen and oxygen atoms in total. The van der Waals surface area contributed by atoms with Crippen LogP contribution in [0.15, 0.2) is 59.8 Å². The lowest BCUT2D eigenvalue weighted by atomic mass is 9.92. The van der Waals surface area contributed by atoms with E-state index in [0.717, 1.165) is 37.0 Å². The Balaban J connectivity index is 1.85. The second kappa shape index (κ2) is 6.68. The van der Waals surface area contributed by atoms with Crippen LogP contribution in [0.25, 0.3) is 0 Å². The summed E-state index contributed by atoms with van der Waals surface area (Å²) in [5.41, 5.74) is 10.9. The van der Waals surface area contributed by atoms with Crippen molar-refractivity contribution in [3.63, 3.8) is 0 Å². The molecule has 1 aliphatic heterocycles. The molecule has 1 atom stereocenters. The Morgan fingerprint density at radius 3 is 2.67 bits per heavy atom. The number of amides is 1. The lowest BCUT2D eigenvalue weighted by Gasteiger charge is -2.35. The third-order valence-corrected chi connectivity index (χ3v) is 5.11. The van der Waals surface area contributed by atoms with Gasteiger partial charge in [-0.2, -0.15) is 0 Å². The Hall–Kier alpha value is -2.29. The topological polar surface area (TPSA) is 46.3 Å². The van der Waals surface area contributed by atoms with Crippen molar-refractivity contribution in [1.29, 1.82) is 0 Å². The summed E-state index contributed by atoms with van der Waals surface area (Å²) in [7, 11) is 0. The summed E-state index contributed by atoms with van der Waals surface area (Å²) >= 11 is 0. The first-order chi connectivity index (χ1) is 11.5. The van der Waals surface area contributed by atoms with E-state index in [4.69, 9.17) is 5.73 Å². The number of hydrogen-bond acceptors (Lipinski definition) is 2. The van der Waals surface area contributed by atoms with Crippen LogP contribution in [0.2, 0.25) is 0 Å². The maximum atomic E-state index is 13.1. The van der Waals surface area contributed by atoms with Gasteiger partial charge in [-0.05, 0) is 61.8 Å². The molecule has 0 spiro atoms. The van der Waals surface area contributed by atoms with Gasteiger partial charge in [0.2, 0.25) is 0 Å². The van der Waals surface area contributed by atoms with Gasteiger partial charge in [-0.1, -0.05) is 36.9 Å². The monoisotopic (exact) mass is 322 g/mol. The summed E-state index contributed by atoms with van der Waals surface area (Å²) in [6.07, 6.45) is 7.03. The molecule has 1 aromatic rings. The van der Waals surface area contributed by atoms with Crippen LogP contribution in [-0.4, -0.2) is 17.4 Å². The van der Waals surface area contributed by atoms with Gasteiger partial charge in [0.25, 0.3) is 5.91 Å². The van der Waals surface area contributed by atoms with Crippen LogP contribution >= 0.6 is 0 Å². The summed E-state index contributed by atoms with van der Waals surface area (Å²) in [4.78, 5) is 15.1. The lowest BCUT2D eigenvalue weighted by Crippen LogP contribution is -2.39. The first-order valence-electron chi connectivity index (χ1n) is 8.74. The van der Waals surface area contributed by atoms with Crippen molar-refractivity contribution in [2.75, 3.05) is 6.54 Å². The highest BCUT2D eigenvalue weighted by atomic mass is 16.2. The summed E-state index contributed by atoms with van der Waals surface area (Å²) in [6.45, 7) is 8.65. The van der Waals surface area contributed by atoms with Gasteiger partial charge < -0.3 is 10.6 Å². The van der Waals surface area contributed by atoms with E-state index in [-0.39, 0.29) is 11.9 Å². The Morgan fingerprint density at radius 2 is 2.04 bits per heavy atom. The minimum atomic E-state index is 0.0823. The van der Waals surface area contributed by atoms with E-state index in [0.29, 0.717) is 11.6 Å². The van der Waals surface area contributed by atoms with Crippen LogP contribution in [0.3, 0.4) is 0 Å². The van der Waals surface area contributed by atoms with Gasteiger partial charge in [0, 0.05) is 17.8 Å². The highest BCUT2D eigenvalue weighted by molar-refractivity contribution is 5.97. The minimum Gasteiger partial charge on any atom is -0.399 e. The minimum absolute atomic E-state index is 0.0823. The molecule has 24 heavy (non-hydrogen) atoms. The highest BCUT2D eigenvalue weighted by Gasteiger charge is 2.30. The van der Waals surface area contributed by atoms with Gasteiger partial charge in [-0.15, -0.1) is 0 Å². The van der Waals surface area contributed by atoms with E-state index < -0.39 is 0 Å². The number of nitrogens with zero attached hydrogens (tertiary/aromatic N) is 1. The van der Waals surface area contributed by atoms with Crippen LogP contribution in [0.5, 0.6) is 0 Å². The highest BCUT2D eigenvalue weighted by Crippen LogP contribution is 2.39. The summed E-state index contributed by atoms with van der Waals surface area (Å²) < 4.78 is 0. The quantitative estimate of drug-likeness (QED) is 0.675. The van der Waals surface area contributed by atoms with E-state index in [2.05, 4.69) is 31.7 Å². The Labute approximate surface area is 144 Å². The van der Waals surface area contributed by atoms with Gasteiger partial charge in [-0.3, -0.25) is 4.79 Å². The second-order valence-corrected chi connectivity index (χ2v) is 6.77. The van der Waals surface area contributed by atoms with Crippen LogP contribution in [0.4, 0.5) is 0 Å². The van der Waals surface area contributed by atoms with E-state index >= 15 is 0 Å². The first-order valence-corrected chi connectivity index (χ1v) is 8.74. The van der Waals surface area contributed by atoms with Gasteiger partial charge in [0.15, 0.2) is 0 Å². The SMILES string of the molecule is C=C(N)/C(=C\C(=C/C)C(=O)N1CCc2ccccc2[C@H]1C)C1CC1. The molecule has 0 saturated heterocycles. The molecule has 1 saturated carbocycles. The van der Waals surface area contributed by atoms with Gasteiger partial charge in [-0.25, -0.2) is 0 Å². The normalized spacial score (nSPS) is 21.4. The molecule has 126 valence electrons. The molecule has 1 amide bonds. The molecule has 3 rings (SSSR count). The summed E-state index contributed by atoms with van der Waals surface area (Å²) in [6, 6.07) is 8.49. The zero-order chi connectivity index (χ0) is 17.3. The predicted octanol–water partition coefficient (Wildman–Crippen LogP) is 3.89. The number of allylic oxidation sites excluding steroid dienone is 2. The molecule has 2 N–H and O–H groups in total. The fourth-order valence-corrected chi connectivity index (χ4v) is 3.52. The number of benzene rings is 1. The molecule has 3 heteroatoms. The zero-order valence-electron chi connectivity index (χ0n) is 14.6. The Bertz CT molecular complexity index is 725. The maximum absolute atomic E-state index is 13.1. The van der Waals surface area contributed by atoms with E-state index in [1.54, 1.807) is 0 Å². The van der Waals surface area contributed by atoms with E-state index in [9.17, 15) is 4.79 Å². The van der Waals surface area contributed by atoms with Gasteiger partial charge >= 0.3 is 0 Å². The van der Waals surface area contributed by atoms with Crippen molar-refractivity contribution < 1.29 is 4.79 Å². The van der Waals surface area contributed by atoms with Crippen LogP contribution < -0.4 is 5.73 Å². The fourth-order valence-electron chi connectivity index (χ4n) is 3.52. The first kappa shape index (κ1) is 16.6. The second-order valence-electron chi connectivity index (χ2n) is 6.77. The molecule has 2 aliphatic rings. The summed E-state index contributed by atoms with van der Waals surface area (Å²) in [5.74, 6) is 0.559. The maximum Gasteiger partial charge on any atom is 0.254 e. The molecule has 1 aromatic carbocycles. The number of carbonyl (C=O) groups is 1. The van der Waals surface area contributed by atoms with Crippen LogP contribution in [0, 0.1) is 5.92 Å². The number of carbonyl (C=O) groups excluding carboxylic acids is 1. The molecular weight excluding hydrogens is 296 g/mol. The molecular formula is C21H26N2O. The number of fused-ring (bicyclic) bond motifs is 1. The standard InChI is InChI=1S/C21H26N2O/c1-4-16(13-20(14(2)22)18-9-10-18)21(24)23-12-11-17-7-5-6-8-19(17)15(23)3/h4-8,13,15,18H,2,9-12,22H2,1,3H3/b16-4+,20-13+/t15-/m1/s1. The molecule has 0 unspecified atom stereocenters. The van der Waals surface area contributed by atoms with Crippen molar-refractivity contribution in [2.24, 2.45) is 11.7 Å². The molecule has 0 bridgehead atoms. The van der Waals surface area contributed by atoms with Crippen molar-refractivity contribution >= 4 is 5.91 Å². The zero-order valence-corrected chi connectivity index (χ0v) is 14.6. The smallest absolute Gasteiger partial charge is 0.254 e. The van der Waals surface area contributed by atoms with Crippen molar-refractivity contribution in [1.82, 2.24) is 4.90 Å². The molecule has 0 radical (unpaired) electrons. The van der Waals surface area contributed by atoms with E-state index in [1.165, 1.54) is 11.1 Å². The van der Waals surface area contributed by atoms with Crippen LogP contribution in [-0.2, 0) is 11.2 Å². The number of nitrogens with two attached hydrogens (primary N) is 1. The Kier molecular flexibility index (Phi) is 4.61.